The van der Waals surface area contributed by atoms with Gasteiger partial charge in [0.1, 0.15) is 11.8 Å². The van der Waals surface area contributed by atoms with Crippen molar-refractivity contribution in [3.63, 3.8) is 0 Å². The lowest BCUT2D eigenvalue weighted by Gasteiger charge is -2.29. The van der Waals surface area contributed by atoms with Crippen molar-refractivity contribution in [2.75, 3.05) is 10.2 Å². The first kappa shape index (κ1) is 24.8. The van der Waals surface area contributed by atoms with Gasteiger partial charge in [0.2, 0.25) is 5.91 Å². The van der Waals surface area contributed by atoms with Crippen LogP contribution in [0, 0.1) is 5.92 Å². The minimum Gasteiger partial charge on any atom is -0.508 e. The molecule has 1 saturated heterocycles. The number of nitrogens with zero attached hydrogens (tertiary/aromatic N) is 3. The van der Waals surface area contributed by atoms with Gasteiger partial charge in [0, 0.05) is 35.4 Å². The number of nitrogens with one attached hydrogen (secondary N) is 2. The van der Waals surface area contributed by atoms with Crippen molar-refractivity contribution in [2.24, 2.45) is 5.92 Å². The van der Waals surface area contributed by atoms with Crippen molar-refractivity contribution in [3.05, 3.63) is 102 Å². The van der Waals surface area contributed by atoms with Crippen LogP contribution >= 0.6 is 23.8 Å². The van der Waals surface area contributed by atoms with Crippen LogP contribution < -0.4 is 15.5 Å². The normalized spacial score (nSPS) is 17.2. The molecule has 0 unspecified atom stereocenters. The number of benzene rings is 2. The molecular formula is C28H26ClN5O2S. The van der Waals surface area contributed by atoms with Crippen LogP contribution in [0.25, 0.3) is 5.69 Å². The van der Waals surface area contributed by atoms with Crippen LogP contribution in [0.3, 0.4) is 0 Å². The molecule has 0 spiro atoms. The van der Waals surface area contributed by atoms with E-state index in [2.05, 4.69) is 26.3 Å². The van der Waals surface area contributed by atoms with Crippen molar-refractivity contribution in [1.82, 2.24) is 14.9 Å². The van der Waals surface area contributed by atoms with Gasteiger partial charge in [0.25, 0.3) is 0 Å². The van der Waals surface area contributed by atoms with Crippen LogP contribution in [0.5, 0.6) is 5.75 Å². The molecule has 1 aliphatic heterocycles. The van der Waals surface area contributed by atoms with Gasteiger partial charge in [-0.1, -0.05) is 31.5 Å². The van der Waals surface area contributed by atoms with Gasteiger partial charge in [-0.3, -0.25) is 9.78 Å². The Morgan fingerprint density at radius 3 is 2.51 bits per heavy atom. The molecule has 2 atom stereocenters. The Hall–Kier alpha value is -3.88. The van der Waals surface area contributed by atoms with Crippen LogP contribution in [0.4, 0.5) is 11.4 Å². The smallest absolute Gasteiger partial charge is 0.226 e. The highest BCUT2D eigenvalue weighted by Gasteiger charge is 2.42. The SMILES string of the molecule is CC(C)C(=O)Nc1ccc(N2C(=S)N[C@H](c3ccccn3)[C@@H]2c2cccn2-c2ccc(O)cc2)cc1Cl. The summed E-state index contributed by atoms with van der Waals surface area (Å²) in [6, 6.07) is 21.9. The molecule has 2 aromatic heterocycles. The maximum absolute atomic E-state index is 12.2. The van der Waals surface area contributed by atoms with Crippen molar-refractivity contribution in [3.8, 4) is 11.4 Å². The molecule has 1 fully saturated rings. The molecule has 4 aromatic rings. The lowest BCUT2D eigenvalue weighted by molar-refractivity contribution is -0.118. The second kappa shape index (κ2) is 10.2. The number of phenols is 1. The number of carbonyl (C=O) groups is 1. The number of amides is 1. The molecule has 0 aliphatic carbocycles. The zero-order chi connectivity index (χ0) is 26.1. The van der Waals surface area contributed by atoms with Crippen molar-refractivity contribution in [2.45, 2.75) is 25.9 Å². The summed E-state index contributed by atoms with van der Waals surface area (Å²) < 4.78 is 2.07. The number of aromatic hydroxyl groups is 1. The maximum Gasteiger partial charge on any atom is 0.226 e. The third kappa shape index (κ3) is 4.90. The summed E-state index contributed by atoms with van der Waals surface area (Å²) in [6.07, 6.45) is 3.75. The maximum atomic E-state index is 12.2. The molecule has 3 heterocycles. The third-order valence-electron chi connectivity index (χ3n) is 6.32. The summed E-state index contributed by atoms with van der Waals surface area (Å²) >= 11 is 12.5. The first-order valence-electron chi connectivity index (χ1n) is 11.9. The van der Waals surface area contributed by atoms with E-state index >= 15 is 0 Å². The Morgan fingerprint density at radius 2 is 1.84 bits per heavy atom. The monoisotopic (exact) mass is 531 g/mol. The lowest BCUT2D eigenvalue weighted by atomic mass is 10.0. The lowest BCUT2D eigenvalue weighted by Crippen LogP contribution is -2.30. The van der Waals surface area contributed by atoms with Crippen LogP contribution in [0.2, 0.25) is 5.02 Å². The Morgan fingerprint density at radius 1 is 1.08 bits per heavy atom. The van der Waals surface area contributed by atoms with Crippen molar-refractivity contribution >= 4 is 46.2 Å². The van der Waals surface area contributed by atoms with Gasteiger partial charge in [-0.2, -0.15) is 0 Å². The fourth-order valence-corrected chi connectivity index (χ4v) is 5.02. The summed E-state index contributed by atoms with van der Waals surface area (Å²) in [5, 5.41) is 17.1. The topological polar surface area (TPSA) is 82.4 Å². The number of carbonyl (C=O) groups excluding carboxylic acids is 1. The number of halogens is 1. The van der Waals surface area contributed by atoms with Gasteiger partial charge >= 0.3 is 0 Å². The Bertz CT molecular complexity index is 1440. The minimum absolute atomic E-state index is 0.104. The minimum atomic E-state index is -0.265. The number of aromatic nitrogens is 2. The highest BCUT2D eigenvalue weighted by molar-refractivity contribution is 7.80. The van der Waals surface area contributed by atoms with Crippen LogP contribution in [0.1, 0.15) is 37.3 Å². The van der Waals surface area contributed by atoms with Gasteiger partial charge in [0.15, 0.2) is 5.11 Å². The molecule has 2 aromatic carbocycles. The van der Waals surface area contributed by atoms with Gasteiger partial charge in [-0.25, -0.2) is 0 Å². The zero-order valence-corrected chi connectivity index (χ0v) is 21.9. The number of phenolic OH excluding ortho intramolecular Hbond substituents is 1. The average Bonchev–Trinajstić information content (AvgIpc) is 3.50. The molecule has 1 aliphatic rings. The number of anilines is 2. The molecule has 0 saturated carbocycles. The molecule has 9 heteroatoms. The summed E-state index contributed by atoms with van der Waals surface area (Å²) in [5.41, 5.74) is 4.06. The molecule has 7 nitrogen and oxygen atoms in total. The van der Waals surface area contributed by atoms with E-state index in [-0.39, 0.29) is 29.7 Å². The first-order valence-corrected chi connectivity index (χ1v) is 12.7. The second-order valence-corrected chi connectivity index (χ2v) is 9.92. The number of rotatable bonds is 6. The van der Waals surface area contributed by atoms with E-state index in [1.807, 2.05) is 73.5 Å². The predicted octanol–water partition coefficient (Wildman–Crippen LogP) is 6.00. The predicted molar refractivity (Wildman–Crippen MR) is 150 cm³/mol. The summed E-state index contributed by atoms with van der Waals surface area (Å²) in [7, 11) is 0. The summed E-state index contributed by atoms with van der Waals surface area (Å²) in [6.45, 7) is 3.66. The van der Waals surface area contributed by atoms with E-state index in [0.717, 1.165) is 22.8 Å². The van der Waals surface area contributed by atoms with Crippen molar-refractivity contribution in [1.29, 1.82) is 0 Å². The standard InChI is InChI=1S/C28H26ClN5O2S/c1-17(2)27(36)31-22-13-10-19(16-21(22)29)34-26(25(32-28(34)37)23-6-3-4-14-30-23)24-7-5-15-33(24)18-8-11-20(35)12-9-18/h3-17,25-26,35H,1-2H3,(H,31,36)(H,32,37)/t25-,26+/m1/s1. The molecule has 0 radical (unpaired) electrons. The average molecular weight is 532 g/mol. The fraction of sp³-hybridized carbons (Fsp3) is 0.179. The van der Waals surface area contributed by atoms with Crippen LogP contribution in [-0.4, -0.2) is 25.7 Å². The number of hydrogen-bond donors (Lipinski definition) is 3. The molecular weight excluding hydrogens is 506 g/mol. The molecule has 37 heavy (non-hydrogen) atoms. The molecule has 5 rings (SSSR count). The fourth-order valence-electron chi connectivity index (χ4n) is 4.45. The zero-order valence-electron chi connectivity index (χ0n) is 20.3. The summed E-state index contributed by atoms with van der Waals surface area (Å²) in [4.78, 5) is 18.9. The van der Waals surface area contributed by atoms with E-state index in [1.54, 1.807) is 24.4 Å². The largest absolute Gasteiger partial charge is 0.508 e. The first-order chi connectivity index (χ1) is 17.8. The third-order valence-corrected chi connectivity index (χ3v) is 6.95. The van der Waals surface area contributed by atoms with E-state index in [4.69, 9.17) is 23.8 Å². The van der Waals surface area contributed by atoms with Gasteiger partial charge in [-0.15, -0.1) is 0 Å². The van der Waals surface area contributed by atoms with Crippen molar-refractivity contribution < 1.29 is 9.90 Å². The molecule has 188 valence electrons. The Kier molecular flexibility index (Phi) is 6.86. The van der Waals surface area contributed by atoms with Crippen LogP contribution in [-0.2, 0) is 4.79 Å². The molecule has 1 amide bonds. The van der Waals surface area contributed by atoms with E-state index in [9.17, 15) is 9.90 Å². The molecule has 3 N–H and O–H groups in total. The quantitative estimate of drug-likeness (QED) is 0.265. The summed E-state index contributed by atoms with van der Waals surface area (Å²) in [5.74, 6) is -0.0661. The van der Waals surface area contributed by atoms with Gasteiger partial charge in [-0.05, 0) is 78.9 Å². The van der Waals surface area contributed by atoms with Gasteiger partial charge in [0.05, 0.1) is 22.4 Å². The van der Waals surface area contributed by atoms with E-state index in [1.165, 1.54) is 0 Å². The highest BCUT2D eigenvalue weighted by Crippen LogP contribution is 2.43. The molecule has 0 bridgehead atoms. The number of pyridine rings is 1. The van der Waals surface area contributed by atoms with Gasteiger partial charge < -0.3 is 25.2 Å². The van der Waals surface area contributed by atoms with E-state index < -0.39 is 0 Å². The Labute approximate surface area is 225 Å². The van der Waals surface area contributed by atoms with Crippen LogP contribution in [0.15, 0.2) is 85.2 Å². The Balaban J connectivity index is 1.59. The highest BCUT2D eigenvalue weighted by atomic mass is 35.5. The van der Waals surface area contributed by atoms with E-state index in [0.29, 0.717) is 15.8 Å². The number of thiocarbonyl (C=S) groups is 1. The number of hydrogen-bond acceptors (Lipinski definition) is 4. The second-order valence-electron chi connectivity index (χ2n) is 9.12.